The van der Waals surface area contributed by atoms with E-state index in [2.05, 4.69) is 4.90 Å². The molecule has 0 saturated carbocycles. The van der Waals surface area contributed by atoms with Crippen molar-refractivity contribution in [2.45, 2.75) is 25.5 Å². The molecule has 0 amide bonds. The van der Waals surface area contributed by atoms with Crippen molar-refractivity contribution in [3.63, 3.8) is 0 Å². The van der Waals surface area contributed by atoms with Crippen LogP contribution in [-0.2, 0) is 6.61 Å². The first-order chi connectivity index (χ1) is 9.02. The van der Waals surface area contributed by atoms with Crippen LogP contribution in [0.15, 0.2) is 12.1 Å². The number of rotatable bonds is 3. The van der Waals surface area contributed by atoms with Crippen molar-refractivity contribution in [2.75, 3.05) is 32.1 Å². The lowest BCUT2D eigenvalue weighted by Crippen LogP contribution is -2.42. The van der Waals surface area contributed by atoms with Crippen LogP contribution in [-0.4, -0.2) is 43.2 Å². The molecule has 1 aromatic rings. The zero-order valence-corrected chi connectivity index (χ0v) is 11.4. The SMILES string of the molecule is CN(C)C1CCN(c2c(F)cc(CO)cc2F)CC1. The van der Waals surface area contributed by atoms with Gasteiger partial charge in [-0.25, -0.2) is 8.78 Å². The van der Waals surface area contributed by atoms with Gasteiger partial charge in [0.05, 0.1) is 6.61 Å². The van der Waals surface area contributed by atoms with Crippen LogP contribution in [0, 0.1) is 11.6 Å². The highest BCUT2D eigenvalue weighted by Gasteiger charge is 2.24. The summed E-state index contributed by atoms with van der Waals surface area (Å²) in [6, 6.07) is 2.88. The van der Waals surface area contributed by atoms with Gasteiger partial charge in [0.1, 0.15) is 17.3 Å². The smallest absolute Gasteiger partial charge is 0.149 e. The number of anilines is 1. The van der Waals surface area contributed by atoms with Crippen LogP contribution in [0.3, 0.4) is 0 Å². The number of benzene rings is 1. The lowest BCUT2D eigenvalue weighted by atomic mass is 10.0. The molecule has 0 radical (unpaired) electrons. The van der Waals surface area contributed by atoms with Crippen LogP contribution in [0.25, 0.3) is 0 Å². The summed E-state index contributed by atoms with van der Waals surface area (Å²) in [6.07, 6.45) is 1.79. The van der Waals surface area contributed by atoms with Gasteiger partial charge < -0.3 is 14.9 Å². The van der Waals surface area contributed by atoms with E-state index < -0.39 is 11.6 Å². The summed E-state index contributed by atoms with van der Waals surface area (Å²) < 4.78 is 27.9. The van der Waals surface area contributed by atoms with E-state index in [4.69, 9.17) is 5.11 Å². The minimum atomic E-state index is -0.590. The van der Waals surface area contributed by atoms with Crippen LogP contribution in [0.2, 0.25) is 0 Å². The third-order valence-electron chi connectivity index (χ3n) is 3.77. The van der Waals surface area contributed by atoms with Crippen LogP contribution < -0.4 is 4.90 Å². The molecule has 2 rings (SSSR count). The van der Waals surface area contributed by atoms with Crippen molar-refractivity contribution in [1.29, 1.82) is 0 Å². The lowest BCUT2D eigenvalue weighted by Gasteiger charge is -2.36. The highest BCUT2D eigenvalue weighted by atomic mass is 19.1. The summed E-state index contributed by atoms with van der Waals surface area (Å²) >= 11 is 0. The third kappa shape index (κ3) is 3.04. The fourth-order valence-corrected chi connectivity index (χ4v) is 2.62. The van der Waals surface area contributed by atoms with Gasteiger partial charge in [0, 0.05) is 19.1 Å². The molecule has 0 spiro atoms. The number of piperidine rings is 1. The molecule has 0 bridgehead atoms. The molecular formula is C14H20F2N2O. The average Bonchev–Trinajstić information content (AvgIpc) is 2.38. The maximum Gasteiger partial charge on any atom is 0.149 e. The topological polar surface area (TPSA) is 26.7 Å². The van der Waals surface area contributed by atoms with Gasteiger partial charge in [-0.2, -0.15) is 0 Å². The van der Waals surface area contributed by atoms with Gasteiger partial charge in [-0.05, 0) is 44.6 Å². The van der Waals surface area contributed by atoms with Gasteiger partial charge in [0.25, 0.3) is 0 Å². The Morgan fingerprint density at radius 1 is 1.21 bits per heavy atom. The van der Waals surface area contributed by atoms with E-state index in [9.17, 15) is 8.78 Å². The van der Waals surface area contributed by atoms with E-state index in [1.165, 1.54) is 12.1 Å². The highest BCUT2D eigenvalue weighted by molar-refractivity contribution is 5.51. The molecule has 0 aromatic heterocycles. The number of hydrogen-bond acceptors (Lipinski definition) is 3. The summed E-state index contributed by atoms with van der Waals surface area (Å²) in [4.78, 5) is 3.91. The fraction of sp³-hybridized carbons (Fsp3) is 0.571. The molecule has 1 fully saturated rings. The Kier molecular flexibility index (Phi) is 4.37. The van der Waals surface area contributed by atoms with Crippen LogP contribution in [0.1, 0.15) is 18.4 Å². The number of aliphatic hydroxyl groups excluding tert-OH is 1. The lowest BCUT2D eigenvalue weighted by molar-refractivity contribution is 0.248. The van der Waals surface area contributed by atoms with Crippen molar-refractivity contribution < 1.29 is 13.9 Å². The van der Waals surface area contributed by atoms with Gasteiger partial charge in [0.2, 0.25) is 0 Å². The minimum Gasteiger partial charge on any atom is -0.392 e. The molecule has 1 aromatic carbocycles. The second-order valence-corrected chi connectivity index (χ2v) is 5.25. The molecule has 0 unspecified atom stereocenters. The second kappa shape index (κ2) is 5.84. The Bertz CT molecular complexity index is 420. The Labute approximate surface area is 112 Å². The van der Waals surface area contributed by atoms with Crippen molar-refractivity contribution in [3.05, 3.63) is 29.3 Å². The Morgan fingerprint density at radius 2 is 1.74 bits per heavy atom. The first kappa shape index (κ1) is 14.2. The highest BCUT2D eigenvalue weighted by Crippen LogP contribution is 2.28. The van der Waals surface area contributed by atoms with E-state index in [0.717, 1.165) is 12.8 Å². The summed E-state index contributed by atoms with van der Waals surface area (Å²) in [5.74, 6) is -1.18. The normalized spacial score (nSPS) is 17.3. The molecule has 19 heavy (non-hydrogen) atoms. The van der Waals surface area contributed by atoms with E-state index in [1.807, 2.05) is 14.1 Å². The largest absolute Gasteiger partial charge is 0.392 e. The van der Waals surface area contributed by atoms with Gasteiger partial charge in [0.15, 0.2) is 0 Å². The number of hydrogen-bond donors (Lipinski definition) is 1. The maximum absolute atomic E-state index is 13.9. The van der Waals surface area contributed by atoms with E-state index >= 15 is 0 Å². The van der Waals surface area contributed by atoms with Gasteiger partial charge >= 0.3 is 0 Å². The average molecular weight is 270 g/mol. The molecule has 106 valence electrons. The van der Waals surface area contributed by atoms with Gasteiger partial charge in [-0.3, -0.25) is 0 Å². The molecule has 0 aliphatic carbocycles. The molecule has 0 atom stereocenters. The molecule has 3 nitrogen and oxygen atoms in total. The van der Waals surface area contributed by atoms with Crippen LogP contribution in [0.5, 0.6) is 0 Å². The summed E-state index contributed by atoms with van der Waals surface area (Å²) in [7, 11) is 4.05. The van der Waals surface area contributed by atoms with Crippen molar-refractivity contribution in [1.82, 2.24) is 4.90 Å². The number of aliphatic hydroxyl groups is 1. The predicted octanol–water partition coefficient (Wildman–Crippen LogP) is 1.99. The maximum atomic E-state index is 13.9. The Balaban J connectivity index is 2.15. The van der Waals surface area contributed by atoms with Gasteiger partial charge in [-0.15, -0.1) is 0 Å². The van der Waals surface area contributed by atoms with Crippen LogP contribution >= 0.6 is 0 Å². The standard InChI is InChI=1S/C14H20F2N2O/c1-17(2)11-3-5-18(6-4-11)14-12(15)7-10(9-19)8-13(14)16/h7-8,11,19H,3-6,9H2,1-2H3. The fourth-order valence-electron chi connectivity index (χ4n) is 2.62. The Hall–Kier alpha value is -1.20. The Morgan fingerprint density at radius 3 is 2.16 bits per heavy atom. The van der Waals surface area contributed by atoms with E-state index in [1.54, 1.807) is 4.90 Å². The minimum absolute atomic E-state index is 0.0365. The summed E-state index contributed by atoms with van der Waals surface area (Å²) in [5.41, 5.74) is 0.302. The zero-order valence-electron chi connectivity index (χ0n) is 11.4. The molecule has 5 heteroatoms. The van der Waals surface area contributed by atoms with E-state index in [0.29, 0.717) is 19.1 Å². The molecule has 1 saturated heterocycles. The van der Waals surface area contributed by atoms with Crippen molar-refractivity contribution >= 4 is 5.69 Å². The molecular weight excluding hydrogens is 250 g/mol. The second-order valence-electron chi connectivity index (χ2n) is 5.25. The first-order valence-electron chi connectivity index (χ1n) is 6.53. The number of halogens is 2. The molecule has 1 N–H and O–H groups in total. The van der Waals surface area contributed by atoms with Gasteiger partial charge in [-0.1, -0.05) is 0 Å². The van der Waals surface area contributed by atoms with Crippen LogP contribution in [0.4, 0.5) is 14.5 Å². The van der Waals surface area contributed by atoms with E-state index in [-0.39, 0.29) is 17.9 Å². The zero-order chi connectivity index (χ0) is 14.0. The monoisotopic (exact) mass is 270 g/mol. The van der Waals surface area contributed by atoms with Crippen molar-refractivity contribution in [3.8, 4) is 0 Å². The third-order valence-corrected chi connectivity index (χ3v) is 3.77. The predicted molar refractivity (Wildman–Crippen MR) is 71.2 cm³/mol. The summed E-state index contributed by atoms with van der Waals surface area (Å²) in [5, 5.41) is 8.93. The quantitative estimate of drug-likeness (QED) is 0.910. The molecule has 1 aliphatic rings. The summed E-state index contributed by atoms with van der Waals surface area (Å²) in [6.45, 7) is 0.946. The number of nitrogens with zero attached hydrogens (tertiary/aromatic N) is 2. The van der Waals surface area contributed by atoms with Crippen molar-refractivity contribution in [2.24, 2.45) is 0 Å². The molecule has 1 heterocycles. The molecule has 1 aliphatic heterocycles. The first-order valence-corrected chi connectivity index (χ1v) is 6.53.